The normalized spacial score (nSPS) is 17.9. The maximum absolute atomic E-state index is 13.6. The fourth-order valence-electron chi connectivity index (χ4n) is 3.75. The molecule has 2 aromatic rings. The highest BCUT2D eigenvalue weighted by molar-refractivity contribution is 7.92. The number of nitrogens with zero attached hydrogens (tertiary/aromatic N) is 1. The molecule has 2 atom stereocenters. The van der Waals surface area contributed by atoms with Gasteiger partial charge in [-0.3, -0.25) is 19.3 Å². The van der Waals surface area contributed by atoms with Crippen molar-refractivity contribution < 1.29 is 37.0 Å². The maximum atomic E-state index is 13.6. The average molecular weight is 476 g/mol. The molecule has 1 aliphatic rings. The molecule has 33 heavy (non-hydrogen) atoms. The quantitative estimate of drug-likeness (QED) is 0.308. The summed E-state index contributed by atoms with van der Waals surface area (Å²) in [7, 11) is -2.70. The summed E-state index contributed by atoms with van der Waals surface area (Å²) in [6, 6.07) is 13.8. The molecule has 0 aliphatic carbocycles. The van der Waals surface area contributed by atoms with Gasteiger partial charge in [0.25, 0.3) is 0 Å². The van der Waals surface area contributed by atoms with E-state index in [9.17, 15) is 22.8 Å². The molecule has 1 fully saturated rings. The molecule has 1 saturated heterocycles. The lowest BCUT2D eigenvalue weighted by Gasteiger charge is -2.47. The fraction of sp³-hybridized carbons (Fsp3) is 0.348. The second-order valence-electron chi connectivity index (χ2n) is 7.16. The predicted octanol–water partition coefficient (Wildman–Crippen LogP) is 2.20. The van der Waals surface area contributed by atoms with Gasteiger partial charge in [0.05, 0.1) is 31.1 Å². The van der Waals surface area contributed by atoms with Crippen LogP contribution in [0.2, 0.25) is 0 Å². The number of ether oxygens (including phenoxy) is 3. The summed E-state index contributed by atoms with van der Waals surface area (Å²) in [5.41, 5.74) is 0.285. The van der Waals surface area contributed by atoms with Crippen molar-refractivity contribution in [1.82, 2.24) is 0 Å². The highest BCUT2D eigenvalue weighted by Gasteiger charge is 2.62. The average Bonchev–Trinajstić information content (AvgIpc) is 2.81. The molecule has 0 saturated carbocycles. The third-order valence-electron chi connectivity index (χ3n) is 5.26. The van der Waals surface area contributed by atoms with E-state index in [2.05, 4.69) is 0 Å². The maximum Gasteiger partial charge on any atom is 0.321 e. The number of benzene rings is 2. The number of carbonyl (C=O) groups is 3. The third kappa shape index (κ3) is 4.56. The van der Waals surface area contributed by atoms with Crippen molar-refractivity contribution in [1.29, 1.82) is 0 Å². The summed E-state index contributed by atoms with van der Waals surface area (Å²) in [4.78, 5) is 39.6. The Balaban J connectivity index is 2.12. The highest BCUT2D eigenvalue weighted by atomic mass is 32.2. The van der Waals surface area contributed by atoms with Gasteiger partial charge in [-0.05, 0) is 50.2 Å². The minimum atomic E-state index is -4.18. The van der Waals surface area contributed by atoms with Crippen LogP contribution in [0.1, 0.15) is 13.8 Å². The van der Waals surface area contributed by atoms with Crippen molar-refractivity contribution in [3.05, 3.63) is 54.6 Å². The molecular weight excluding hydrogens is 450 g/mol. The summed E-state index contributed by atoms with van der Waals surface area (Å²) in [5, 5.41) is -1.51. The number of rotatable bonds is 9. The molecule has 9 nitrogen and oxygen atoms in total. The summed E-state index contributed by atoms with van der Waals surface area (Å²) >= 11 is 0. The van der Waals surface area contributed by atoms with E-state index in [0.717, 1.165) is 4.90 Å². The van der Waals surface area contributed by atoms with Crippen molar-refractivity contribution in [2.24, 2.45) is 11.8 Å². The Morgan fingerprint density at radius 2 is 1.48 bits per heavy atom. The van der Waals surface area contributed by atoms with Crippen molar-refractivity contribution in [2.75, 3.05) is 25.2 Å². The first kappa shape index (κ1) is 24.2. The molecular formula is C23H25NO8S. The standard InChI is InChI=1S/C23H25NO8S/c1-4-31-22(26)19(23(27)32-5-2)18-20(25)24(15-11-13-16(30-3)14-12-15)21(18)33(28,29)17-9-7-6-8-10-17/h6-14,18-19,21H,4-5H2,1-3H3. The number of hydrogen-bond acceptors (Lipinski definition) is 8. The SMILES string of the molecule is CCOC(=O)C(C(=O)OCC)C1C(=O)N(c2ccc(OC)cc2)C1S(=O)(=O)c1ccccc1. The number of hydrogen-bond donors (Lipinski definition) is 0. The van der Waals surface area contributed by atoms with E-state index in [-0.39, 0.29) is 23.8 Å². The molecule has 0 radical (unpaired) electrons. The molecule has 0 bridgehead atoms. The molecule has 1 heterocycles. The van der Waals surface area contributed by atoms with Crippen LogP contribution in [0.15, 0.2) is 59.5 Å². The van der Waals surface area contributed by atoms with E-state index < -0.39 is 44.9 Å². The molecule has 10 heteroatoms. The lowest BCUT2D eigenvalue weighted by molar-refractivity contribution is -0.168. The van der Waals surface area contributed by atoms with Gasteiger partial charge >= 0.3 is 11.9 Å². The molecule has 1 aliphatic heterocycles. The molecule has 2 aromatic carbocycles. The summed E-state index contributed by atoms with van der Waals surface area (Å²) in [6.07, 6.45) is 0. The van der Waals surface area contributed by atoms with Crippen molar-refractivity contribution in [3.8, 4) is 5.75 Å². The largest absolute Gasteiger partial charge is 0.497 e. The van der Waals surface area contributed by atoms with Gasteiger partial charge in [0.15, 0.2) is 11.3 Å². The van der Waals surface area contributed by atoms with Gasteiger partial charge in [-0.2, -0.15) is 0 Å². The van der Waals surface area contributed by atoms with Gasteiger partial charge in [0, 0.05) is 5.69 Å². The molecule has 3 rings (SSSR count). The summed E-state index contributed by atoms with van der Waals surface area (Å²) < 4.78 is 42.3. The Morgan fingerprint density at radius 1 is 0.939 bits per heavy atom. The van der Waals surface area contributed by atoms with Crippen LogP contribution in [-0.4, -0.2) is 52.0 Å². The first-order valence-corrected chi connectivity index (χ1v) is 11.9. The first-order valence-electron chi connectivity index (χ1n) is 10.4. The Morgan fingerprint density at radius 3 is 1.97 bits per heavy atom. The van der Waals surface area contributed by atoms with E-state index in [0.29, 0.717) is 5.75 Å². The van der Waals surface area contributed by atoms with Crippen molar-refractivity contribution in [3.63, 3.8) is 0 Å². The molecule has 0 N–H and O–H groups in total. The van der Waals surface area contributed by atoms with Crippen LogP contribution in [0, 0.1) is 11.8 Å². The second kappa shape index (κ2) is 10.0. The zero-order valence-corrected chi connectivity index (χ0v) is 19.3. The number of anilines is 1. The second-order valence-corrected chi connectivity index (χ2v) is 9.21. The Bertz CT molecular complexity index is 1100. The molecule has 0 aromatic heterocycles. The predicted molar refractivity (Wildman–Crippen MR) is 118 cm³/mol. The smallest absolute Gasteiger partial charge is 0.321 e. The number of esters is 2. The Kier molecular flexibility index (Phi) is 7.37. The van der Waals surface area contributed by atoms with Gasteiger partial charge in [-0.15, -0.1) is 0 Å². The molecule has 176 valence electrons. The Hall–Kier alpha value is -3.40. The summed E-state index contributed by atoms with van der Waals surface area (Å²) in [5.74, 6) is -5.41. The van der Waals surface area contributed by atoms with Gasteiger partial charge in [-0.25, -0.2) is 8.42 Å². The molecule has 0 spiro atoms. The molecule has 2 unspecified atom stereocenters. The van der Waals surface area contributed by atoms with Crippen molar-refractivity contribution >= 4 is 33.4 Å². The van der Waals surface area contributed by atoms with Crippen LogP contribution >= 0.6 is 0 Å². The van der Waals surface area contributed by atoms with Gasteiger partial charge < -0.3 is 14.2 Å². The monoisotopic (exact) mass is 475 g/mol. The first-order chi connectivity index (χ1) is 15.8. The third-order valence-corrected chi connectivity index (χ3v) is 7.33. The number of amides is 1. The Labute approximate surface area is 192 Å². The lowest BCUT2D eigenvalue weighted by atomic mass is 9.83. The highest BCUT2D eigenvalue weighted by Crippen LogP contribution is 2.43. The van der Waals surface area contributed by atoms with Crippen LogP contribution in [0.5, 0.6) is 5.75 Å². The van der Waals surface area contributed by atoms with E-state index in [1.165, 1.54) is 31.4 Å². The van der Waals surface area contributed by atoms with Crippen LogP contribution in [-0.2, 0) is 33.7 Å². The number of β-lactam (4-membered cyclic amide) rings is 1. The minimum absolute atomic E-state index is 0.0440. The van der Waals surface area contributed by atoms with Crippen LogP contribution in [0.4, 0.5) is 5.69 Å². The van der Waals surface area contributed by atoms with Crippen molar-refractivity contribution in [2.45, 2.75) is 24.1 Å². The van der Waals surface area contributed by atoms with Gasteiger partial charge in [-0.1, -0.05) is 18.2 Å². The van der Waals surface area contributed by atoms with Crippen LogP contribution in [0.25, 0.3) is 0 Å². The van der Waals surface area contributed by atoms with E-state index in [1.807, 2.05) is 0 Å². The van der Waals surface area contributed by atoms with Gasteiger partial charge in [0.2, 0.25) is 15.7 Å². The number of methoxy groups -OCH3 is 1. The summed E-state index contributed by atoms with van der Waals surface area (Å²) in [6.45, 7) is 3.00. The van der Waals surface area contributed by atoms with E-state index in [4.69, 9.17) is 14.2 Å². The van der Waals surface area contributed by atoms with E-state index in [1.54, 1.807) is 44.2 Å². The number of sulfone groups is 1. The zero-order valence-electron chi connectivity index (χ0n) is 18.5. The van der Waals surface area contributed by atoms with Gasteiger partial charge in [0.1, 0.15) is 5.75 Å². The van der Waals surface area contributed by atoms with Crippen LogP contribution in [0.3, 0.4) is 0 Å². The minimum Gasteiger partial charge on any atom is -0.497 e. The zero-order chi connectivity index (χ0) is 24.2. The van der Waals surface area contributed by atoms with E-state index >= 15 is 0 Å². The fourth-order valence-corrected chi connectivity index (χ4v) is 5.72. The topological polar surface area (TPSA) is 116 Å². The van der Waals surface area contributed by atoms with Crippen LogP contribution < -0.4 is 9.64 Å². The number of carbonyl (C=O) groups excluding carboxylic acids is 3. The lowest BCUT2D eigenvalue weighted by Crippen LogP contribution is -2.68. The molecule has 1 amide bonds.